The molecular formula is C14H13NO4. The Kier molecular flexibility index (Phi) is 2.55. The van der Waals surface area contributed by atoms with Crippen molar-refractivity contribution >= 4 is 22.6 Å². The third-order valence-electron chi connectivity index (χ3n) is 3.42. The van der Waals surface area contributed by atoms with E-state index >= 15 is 0 Å². The standard InChI is InChI=1S/C14H13NO4/c1-15-11-5-4-9(6-12(11)19-14(15)18)10(7-13(16)17)8-2-3-8/h4-8H,2-3H2,1H3,(H,16,17)/b10-7+. The smallest absolute Gasteiger partial charge is 0.419 e. The molecule has 0 spiro atoms. The number of carboxylic acids is 1. The number of hydrogen-bond acceptors (Lipinski definition) is 3. The maximum absolute atomic E-state index is 11.4. The van der Waals surface area contributed by atoms with Gasteiger partial charge in [0.2, 0.25) is 0 Å². The number of aryl methyl sites for hydroxylation is 1. The van der Waals surface area contributed by atoms with Crippen LogP contribution in [0.25, 0.3) is 16.7 Å². The Labute approximate surface area is 108 Å². The molecule has 1 aliphatic carbocycles. The minimum Gasteiger partial charge on any atom is -0.478 e. The van der Waals surface area contributed by atoms with Gasteiger partial charge in [-0.25, -0.2) is 9.59 Å². The van der Waals surface area contributed by atoms with Gasteiger partial charge in [0.1, 0.15) is 0 Å². The molecular weight excluding hydrogens is 246 g/mol. The van der Waals surface area contributed by atoms with E-state index in [0.29, 0.717) is 17.0 Å². The lowest BCUT2D eigenvalue weighted by Gasteiger charge is -2.05. The highest BCUT2D eigenvalue weighted by Crippen LogP contribution is 2.42. The van der Waals surface area contributed by atoms with Crippen molar-refractivity contribution in [2.75, 3.05) is 0 Å². The van der Waals surface area contributed by atoms with E-state index in [4.69, 9.17) is 9.52 Å². The average Bonchev–Trinajstić information content (AvgIpc) is 3.15. The highest BCUT2D eigenvalue weighted by molar-refractivity contribution is 5.92. The second kappa shape index (κ2) is 4.12. The van der Waals surface area contributed by atoms with E-state index in [1.54, 1.807) is 19.2 Å². The fourth-order valence-electron chi connectivity index (χ4n) is 2.28. The predicted molar refractivity (Wildman–Crippen MR) is 69.8 cm³/mol. The Morgan fingerprint density at radius 3 is 2.84 bits per heavy atom. The van der Waals surface area contributed by atoms with E-state index in [1.807, 2.05) is 6.07 Å². The number of carbonyl (C=O) groups is 1. The summed E-state index contributed by atoms with van der Waals surface area (Å²) in [5.74, 6) is -1.05. The second-order valence-electron chi connectivity index (χ2n) is 4.82. The maximum atomic E-state index is 11.4. The summed E-state index contributed by atoms with van der Waals surface area (Å²) >= 11 is 0. The molecule has 0 radical (unpaired) electrons. The minimum absolute atomic E-state index is 0.309. The Bertz CT molecular complexity index is 746. The molecule has 0 bridgehead atoms. The van der Waals surface area contributed by atoms with Crippen molar-refractivity contribution in [2.24, 2.45) is 13.0 Å². The Balaban J connectivity index is 2.14. The summed E-state index contributed by atoms with van der Waals surface area (Å²) in [5.41, 5.74) is 2.81. The van der Waals surface area contributed by atoms with Crippen LogP contribution in [-0.4, -0.2) is 15.6 Å². The zero-order chi connectivity index (χ0) is 13.6. The van der Waals surface area contributed by atoms with Crippen molar-refractivity contribution in [3.05, 3.63) is 40.4 Å². The number of fused-ring (bicyclic) bond motifs is 1. The molecule has 1 saturated carbocycles. The fourth-order valence-corrected chi connectivity index (χ4v) is 2.28. The van der Waals surface area contributed by atoms with Gasteiger partial charge in [-0.2, -0.15) is 0 Å². The van der Waals surface area contributed by atoms with Gasteiger partial charge in [0.25, 0.3) is 0 Å². The molecule has 1 fully saturated rings. The lowest BCUT2D eigenvalue weighted by Crippen LogP contribution is -2.08. The number of hydrogen-bond donors (Lipinski definition) is 1. The van der Waals surface area contributed by atoms with E-state index in [-0.39, 0.29) is 0 Å². The van der Waals surface area contributed by atoms with Gasteiger partial charge in [-0.15, -0.1) is 0 Å². The molecule has 0 amide bonds. The second-order valence-corrected chi connectivity index (χ2v) is 4.82. The zero-order valence-corrected chi connectivity index (χ0v) is 10.4. The fraction of sp³-hybridized carbons (Fsp3) is 0.286. The first kappa shape index (κ1) is 11.8. The number of aromatic nitrogens is 1. The number of carboxylic acid groups (broad SMARTS) is 1. The van der Waals surface area contributed by atoms with Crippen molar-refractivity contribution in [1.82, 2.24) is 4.57 Å². The molecule has 5 nitrogen and oxygen atoms in total. The molecule has 0 aliphatic heterocycles. The van der Waals surface area contributed by atoms with E-state index in [0.717, 1.165) is 24.0 Å². The van der Waals surface area contributed by atoms with Gasteiger partial charge < -0.3 is 9.52 Å². The van der Waals surface area contributed by atoms with E-state index < -0.39 is 11.7 Å². The molecule has 1 N–H and O–H groups in total. The topological polar surface area (TPSA) is 72.4 Å². The summed E-state index contributed by atoms with van der Waals surface area (Å²) < 4.78 is 6.55. The summed E-state index contributed by atoms with van der Waals surface area (Å²) in [7, 11) is 1.64. The first-order chi connectivity index (χ1) is 9.06. The quantitative estimate of drug-likeness (QED) is 0.856. The largest absolute Gasteiger partial charge is 0.478 e. The summed E-state index contributed by atoms with van der Waals surface area (Å²) in [6.07, 6.45) is 3.27. The maximum Gasteiger partial charge on any atom is 0.419 e. The van der Waals surface area contributed by atoms with Crippen LogP contribution in [0.4, 0.5) is 0 Å². The zero-order valence-electron chi connectivity index (χ0n) is 10.4. The molecule has 5 heteroatoms. The molecule has 1 aromatic carbocycles. The lowest BCUT2D eigenvalue weighted by atomic mass is 10.0. The number of aliphatic carboxylic acids is 1. The highest BCUT2D eigenvalue weighted by atomic mass is 16.4. The molecule has 0 atom stereocenters. The molecule has 1 aromatic heterocycles. The van der Waals surface area contributed by atoms with Gasteiger partial charge in [0.15, 0.2) is 5.58 Å². The molecule has 3 rings (SSSR count). The monoisotopic (exact) mass is 259 g/mol. The molecule has 2 aromatic rings. The van der Waals surface area contributed by atoms with Gasteiger partial charge in [-0.1, -0.05) is 6.07 Å². The van der Waals surface area contributed by atoms with Crippen LogP contribution < -0.4 is 5.76 Å². The Morgan fingerprint density at radius 2 is 2.21 bits per heavy atom. The van der Waals surface area contributed by atoms with Gasteiger partial charge in [0.05, 0.1) is 5.52 Å². The first-order valence-corrected chi connectivity index (χ1v) is 6.11. The Morgan fingerprint density at radius 1 is 1.47 bits per heavy atom. The highest BCUT2D eigenvalue weighted by Gasteiger charge is 2.28. The van der Waals surface area contributed by atoms with Crippen molar-refractivity contribution in [3.8, 4) is 0 Å². The molecule has 1 aliphatic rings. The van der Waals surface area contributed by atoms with E-state index in [1.165, 1.54) is 10.6 Å². The molecule has 0 unspecified atom stereocenters. The van der Waals surface area contributed by atoms with Crippen molar-refractivity contribution in [1.29, 1.82) is 0 Å². The van der Waals surface area contributed by atoms with Gasteiger partial charge in [-0.3, -0.25) is 4.57 Å². The van der Waals surface area contributed by atoms with Crippen LogP contribution in [-0.2, 0) is 11.8 Å². The predicted octanol–water partition coefficient (Wildman–Crippen LogP) is 2.01. The first-order valence-electron chi connectivity index (χ1n) is 6.11. The van der Waals surface area contributed by atoms with Gasteiger partial charge in [-0.05, 0) is 42.0 Å². The Hall–Kier alpha value is -2.30. The van der Waals surface area contributed by atoms with Gasteiger partial charge >= 0.3 is 11.7 Å². The van der Waals surface area contributed by atoms with Crippen LogP contribution in [0.1, 0.15) is 18.4 Å². The van der Waals surface area contributed by atoms with Crippen LogP contribution in [0.15, 0.2) is 33.5 Å². The SMILES string of the molecule is Cn1c(=O)oc2cc(/C(=C/C(=O)O)C3CC3)ccc21. The molecule has 1 heterocycles. The lowest BCUT2D eigenvalue weighted by molar-refractivity contribution is -0.131. The van der Waals surface area contributed by atoms with Crippen molar-refractivity contribution in [2.45, 2.75) is 12.8 Å². The number of benzene rings is 1. The summed E-state index contributed by atoms with van der Waals surface area (Å²) in [4.78, 5) is 22.3. The molecule has 19 heavy (non-hydrogen) atoms. The summed E-state index contributed by atoms with van der Waals surface area (Å²) in [5, 5.41) is 8.93. The van der Waals surface area contributed by atoms with Crippen molar-refractivity contribution in [3.63, 3.8) is 0 Å². The third-order valence-corrected chi connectivity index (χ3v) is 3.42. The summed E-state index contributed by atoms with van der Waals surface area (Å²) in [6.45, 7) is 0. The summed E-state index contributed by atoms with van der Waals surface area (Å²) in [6, 6.07) is 5.36. The van der Waals surface area contributed by atoms with Crippen LogP contribution >= 0.6 is 0 Å². The third kappa shape index (κ3) is 2.07. The van der Waals surface area contributed by atoms with Crippen LogP contribution in [0, 0.1) is 5.92 Å². The number of allylic oxidation sites excluding steroid dienone is 1. The number of nitrogens with zero attached hydrogens (tertiary/aromatic N) is 1. The number of oxazole rings is 1. The van der Waals surface area contributed by atoms with Gasteiger partial charge in [0, 0.05) is 13.1 Å². The van der Waals surface area contributed by atoms with Crippen LogP contribution in [0.5, 0.6) is 0 Å². The number of rotatable bonds is 3. The van der Waals surface area contributed by atoms with Crippen molar-refractivity contribution < 1.29 is 14.3 Å². The molecule has 0 saturated heterocycles. The normalized spacial score (nSPS) is 15.9. The average molecular weight is 259 g/mol. The molecule has 98 valence electrons. The van der Waals surface area contributed by atoms with E-state index in [9.17, 15) is 9.59 Å². The van der Waals surface area contributed by atoms with Crippen LogP contribution in [0.2, 0.25) is 0 Å². The minimum atomic E-state index is -0.948. The van der Waals surface area contributed by atoms with E-state index in [2.05, 4.69) is 0 Å². The van der Waals surface area contributed by atoms with Crippen LogP contribution in [0.3, 0.4) is 0 Å².